The van der Waals surface area contributed by atoms with Crippen molar-refractivity contribution in [3.05, 3.63) is 194 Å². The van der Waals surface area contributed by atoms with Gasteiger partial charge in [-0.25, -0.2) is 0 Å². The van der Waals surface area contributed by atoms with E-state index in [2.05, 4.69) is 203 Å². The zero-order chi connectivity index (χ0) is 33.0. The van der Waals surface area contributed by atoms with Gasteiger partial charge in [0.25, 0.3) is 0 Å². The van der Waals surface area contributed by atoms with Crippen LogP contribution >= 0.6 is 0 Å². The van der Waals surface area contributed by atoms with Crippen LogP contribution in [0.2, 0.25) is 0 Å². The van der Waals surface area contributed by atoms with E-state index in [1.54, 1.807) is 0 Å². The quantitative estimate of drug-likeness (QED) is 0.176. The molecule has 0 aliphatic rings. The average Bonchev–Trinajstić information content (AvgIpc) is 3.71. The number of hydrogen-bond donors (Lipinski definition) is 0. The number of para-hydroxylation sites is 1. The molecule has 8 aromatic carbocycles. The van der Waals surface area contributed by atoms with Gasteiger partial charge in [-0.2, -0.15) is 0 Å². The van der Waals surface area contributed by atoms with E-state index in [1.165, 1.54) is 71.5 Å². The third-order valence-electron chi connectivity index (χ3n) is 10.1. The van der Waals surface area contributed by atoms with Crippen molar-refractivity contribution in [2.24, 2.45) is 0 Å². The molecule has 2 heterocycles. The van der Waals surface area contributed by atoms with E-state index in [9.17, 15) is 0 Å². The van der Waals surface area contributed by atoms with Gasteiger partial charge in [-0.05, 0) is 81.9 Å². The number of aromatic nitrogens is 1. The highest BCUT2D eigenvalue weighted by Crippen LogP contribution is 2.45. The van der Waals surface area contributed by atoms with Gasteiger partial charge in [-0.15, -0.1) is 0 Å². The highest BCUT2D eigenvalue weighted by Gasteiger charge is 2.22. The molecule has 0 atom stereocenters. The fourth-order valence-corrected chi connectivity index (χ4v) is 7.74. The molecule has 2 heteroatoms. The van der Waals surface area contributed by atoms with Crippen molar-refractivity contribution in [1.82, 2.24) is 4.40 Å². The molecule has 0 N–H and O–H groups in total. The van der Waals surface area contributed by atoms with Crippen LogP contribution in [0.1, 0.15) is 0 Å². The Labute approximate surface area is 291 Å². The largest absolute Gasteiger partial charge is 0.310 e. The second-order valence-corrected chi connectivity index (χ2v) is 13.0. The first-order valence-corrected chi connectivity index (χ1v) is 17.2. The Hall–Kier alpha value is -6.64. The fraction of sp³-hybridized carbons (Fsp3) is 0. The topological polar surface area (TPSA) is 7.65 Å². The van der Waals surface area contributed by atoms with Crippen molar-refractivity contribution in [2.75, 3.05) is 4.90 Å². The molecule has 10 aromatic rings. The van der Waals surface area contributed by atoms with Crippen molar-refractivity contribution in [3.63, 3.8) is 0 Å². The maximum atomic E-state index is 2.47. The van der Waals surface area contributed by atoms with Gasteiger partial charge < -0.3 is 9.30 Å². The summed E-state index contributed by atoms with van der Waals surface area (Å²) in [6.45, 7) is 0. The van der Waals surface area contributed by atoms with Crippen LogP contribution in [0.15, 0.2) is 194 Å². The van der Waals surface area contributed by atoms with Gasteiger partial charge in [-0.3, -0.25) is 0 Å². The van der Waals surface area contributed by atoms with Crippen molar-refractivity contribution in [2.45, 2.75) is 0 Å². The Morgan fingerprint density at radius 1 is 0.280 bits per heavy atom. The molecule has 0 aliphatic carbocycles. The van der Waals surface area contributed by atoms with Crippen molar-refractivity contribution < 1.29 is 0 Å². The zero-order valence-corrected chi connectivity index (χ0v) is 27.4. The smallest absolute Gasteiger partial charge is 0.0622 e. The molecular weight excluding hydrogens is 605 g/mol. The summed E-state index contributed by atoms with van der Waals surface area (Å²) in [7, 11) is 0. The van der Waals surface area contributed by atoms with Crippen LogP contribution in [0.25, 0.3) is 71.5 Å². The summed E-state index contributed by atoms with van der Waals surface area (Å²) in [5.41, 5.74) is 14.4. The van der Waals surface area contributed by atoms with Crippen LogP contribution in [0.5, 0.6) is 0 Å². The first-order chi connectivity index (χ1) is 24.8. The minimum absolute atomic E-state index is 1.12. The van der Waals surface area contributed by atoms with Crippen LogP contribution in [-0.2, 0) is 0 Å². The predicted octanol–water partition coefficient (Wildman–Crippen LogP) is 13.3. The molecule has 0 aliphatic heterocycles. The van der Waals surface area contributed by atoms with E-state index in [0.29, 0.717) is 0 Å². The molecule has 10 rings (SSSR count). The lowest BCUT2D eigenvalue weighted by Crippen LogP contribution is -2.10. The highest BCUT2D eigenvalue weighted by atomic mass is 15.1. The molecule has 50 heavy (non-hydrogen) atoms. The summed E-state index contributed by atoms with van der Waals surface area (Å²) in [6.07, 6.45) is 0. The maximum Gasteiger partial charge on any atom is 0.0622 e. The fourth-order valence-electron chi connectivity index (χ4n) is 7.74. The summed E-state index contributed by atoms with van der Waals surface area (Å²) < 4.78 is 2.47. The number of nitrogens with zero attached hydrogens (tertiary/aromatic N) is 2. The van der Waals surface area contributed by atoms with Gasteiger partial charge in [0.15, 0.2) is 0 Å². The van der Waals surface area contributed by atoms with E-state index in [-0.39, 0.29) is 0 Å². The molecule has 2 nitrogen and oxygen atoms in total. The Balaban J connectivity index is 1.20. The molecular formula is C48H32N2. The molecule has 0 radical (unpaired) electrons. The van der Waals surface area contributed by atoms with Crippen LogP contribution in [0.3, 0.4) is 0 Å². The van der Waals surface area contributed by atoms with Gasteiger partial charge >= 0.3 is 0 Å². The number of anilines is 3. The van der Waals surface area contributed by atoms with E-state index < -0.39 is 0 Å². The summed E-state index contributed by atoms with van der Waals surface area (Å²) >= 11 is 0. The van der Waals surface area contributed by atoms with Crippen LogP contribution < -0.4 is 4.90 Å². The monoisotopic (exact) mass is 636 g/mol. The Bertz CT molecular complexity index is 2680. The standard InChI is InChI=1S/C48H32N2/c1-4-12-33(13-5-1)36-20-25-39(26-21-36)49(40-27-22-37(23-28-40)34-14-6-2-7-15-34)41-31-44-42-18-10-11-19-46(42)50-47-30-38(35-16-8-3-9-17-35)24-29-43(47)45(32-41)48(44)50/h1-32H. The Kier molecular flexibility index (Phi) is 6.53. The van der Waals surface area contributed by atoms with Crippen LogP contribution in [0, 0.1) is 0 Å². The van der Waals surface area contributed by atoms with E-state index in [4.69, 9.17) is 0 Å². The minimum atomic E-state index is 1.12. The Morgan fingerprint density at radius 3 is 1.24 bits per heavy atom. The molecule has 0 bridgehead atoms. The van der Waals surface area contributed by atoms with E-state index >= 15 is 0 Å². The first-order valence-electron chi connectivity index (χ1n) is 17.2. The van der Waals surface area contributed by atoms with Crippen molar-refractivity contribution in [3.8, 4) is 33.4 Å². The van der Waals surface area contributed by atoms with Crippen LogP contribution in [0.4, 0.5) is 17.1 Å². The summed E-state index contributed by atoms with van der Waals surface area (Å²) in [6, 6.07) is 70.4. The lowest BCUT2D eigenvalue weighted by molar-refractivity contribution is 1.29. The lowest BCUT2D eigenvalue weighted by atomic mass is 10.0. The maximum absolute atomic E-state index is 2.47. The van der Waals surface area contributed by atoms with Gasteiger partial charge in [0.05, 0.1) is 16.6 Å². The van der Waals surface area contributed by atoms with E-state index in [0.717, 1.165) is 17.1 Å². The van der Waals surface area contributed by atoms with Crippen molar-refractivity contribution in [1.29, 1.82) is 0 Å². The molecule has 0 fully saturated rings. The normalized spacial score (nSPS) is 11.6. The minimum Gasteiger partial charge on any atom is -0.310 e. The summed E-state index contributed by atoms with van der Waals surface area (Å²) in [4.78, 5) is 2.40. The number of fused-ring (bicyclic) bond motifs is 6. The number of benzene rings is 8. The number of hydrogen-bond acceptors (Lipinski definition) is 1. The Morgan fingerprint density at radius 2 is 0.700 bits per heavy atom. The number of rotatable bonds is 6. The van der Waals surface area contributed by atoms with Gasteiger partial charge in [0.1, 0.15) is 0 Å². The first kappa shape index (κ1) is 28.4. The average molecular weight is 637 g/mol. The lowest BCUT2D eigenvalue weighted by Gasteiger charge is -2.26. The van der Waals surface area contributed by atoms with Gasteiger partial charge in [0, 0.05) is 38.6 Å². The molecule has 0 amide bonds. The highest BCUT2D eigenvalue weighted by molar-refractivity contribution is 6.25. The van der Waals surface area contributed by atoms with Gasteiger partial charge in [0.2, 0.25) is 0 Å². The van der Waals surface area contributed by atoms with Crippen LogP contribution in [-0.4, -0.2) is 4.40 Å². The van der Waals surface area contributed by atoms with Crippen molar-refractivity contribution >= 4 is 55.2 Å². The molecule has 2 aromatic heterocycles. The molecule has 234 valence electrons. The molecule has 0 unspecified atom stereocenters. The second-order valence-electron chi connectivity index (χ2n) is 13.0. The van der Waals surface area contributed by atoms with Gasteiger partial charge in [-0.1, -0.05) is 146 Å². The molecule has 0 saturated carbocycles. The third kappa shape index (κ3) is 4.57. The summed E-state index contributed by atoms with van der Waals surface area (Å²) in [5, 5.41) is 5.05. The predicted molar refractivity (Wildman–Crippen MR) is 212 cm³/mol. The van der Waals surface area contributed by atoms with E-state index in [1.807, 2.05) is 0 Å². The SMILES string of the molecule is c1ccc(-c2ccc(N(c3ccc(-c4ccccc4)cc3)c3cc4c5ccccc5n5c6cc(-c7ccccc7)ccc6c(c3)c45)cc2)cc1. The molecule has 0 spiro atoms. The summed E-state index contributed by atoms with van der Waals surface area (Å²) in [5.74, 6) is 0. The molecule has 0 saturated heterocycles. The third-order valence-corrected chi connectivity index (χ3v) is 10.1. The second kappa shape index (κ2) is 11.5. The zero-order valence-electron chi connectivity index (χ0n) is 27.4.